The Morgan fingerprint density at radius 1 is 0.783 bits per heavy atom. The third kappa shape index (κ3) is 6.14. The molecule has 0 N–H and O–H groups in total. The van der Waals surface area contributed by atoms with Crippen LogP contribution < -0.4 is 18.6 Å². The van der Waals surface area contributed by atoms with E-state index in [2.05, 4.69) is 48.5 Å². The first-order chi connectivity index (χ1) is 10.8. The first-order valence-electron chi connectivity index (χ1n) is 6.19. The second kappa shape index (κ2) is 8.14. The Labute approximate surface area is 148 Å². The van der Waals surface area contributed by atoms with E-state index in [9.17, 15) is 0 Å². The van der Waals surface area contributed by atoms with E-state index >= 15 is 0 Å². The van der Waals surface area contributed by atoms with Crippen molar-refractivity contribution in [2.75, 3.05) is 0 Å². The maximum atomic E-state index is 8.49. The lowest BCUT2D eigenvalue weighted by molar-refractivity contribution is -2.00. The van der Waals surface area contributed by atoms with Gasteiger partial charge in [0.05, 0.1) is 0 Å². The molecule has 0 aliphatic heterocycles. The zero-order valence-electron chi connectivity index (χ0n) is 11.5. The van der Waals surface area contributed by atoms with Gasteiger partial charge in [-0.05, 0) is 11.6 Å². The highest BCUT2D eigenvalue weighted by Gasteiger charge is 2.23. The zero-order chi connectivity index (χ0) is 16.9. The van der Waals surface area contributed by atoms with Crippen molar-refractivity contribution >= 4 is 34.3 Å². The van der Waals surface area contributed by atoms with Gasteiger partial charge in [0.25, 0.3) is 0 Å². The van der Waals surface area contributed by atoms with E-state index in [1.54, 1.807) is 22.7 Å². The fourth-order valence-corrected chi connectivity index (χ4v) is 4.46. The summed E-state index contributed by atoms with van der Waals surface area (Å²) in [6, 6.07) is 20.8. The van der Waals surface area contributed by atoms with Gasteiger partial charge >= 0.3 is 3.65 Å². The van der Waals surface area contributed by atoms with Crippen LogP contribution in [-0.2, 0) is 0 Å². The SMILES string of the molecule is Clc1sc(-c2ccccc2)c(-c2ccccc2)[s+]1.[O-][Cl+3]([O-])([O-])[O-]. The van der Waals surface area contributed by atoms with Gasteiger partial charge in [0.1, 0.15) is 22.7 Å². The third-order valence-corrected chi connectivity index (χ3v) is 5.34. The average Bonchev–Trinajstić information content (AvgIpc) is 2.89. The predicted molar refractivity (Wildman–Crippen MR) is 82.5 cm³/mol. The summed E-state index contributed by atoms with van der Waals surface area (Å²) >= 11 is 9.49. The molecule has 0 aliphatic rings. The van der Waals surface area contributed by atoms with Crippen molar-refractivity contribution in [1.29, 1.82) is 0 Å². The van der Waals surface area contributed by atoms with E-state index in [0.29, 0.717) is 0 Å². The van der Waals surface area contributed by atoms with E-state index in [-0.39, 0.29) is 0 Å². The molecule has 1 heterocycles. The first kappa shape index (κ1) is 18.3. The molecule has 0 aliphatic carbocycles. The highest BCUT2D eigenvalue weighted by Crippen LogP contribution is 2.45. The van der Waals surface area contributed by atoms with Crippen LogP contribution in [0.5, 0.6) is 0 Å². The van der Waals surface area contributed by atoms with E-state index < -0.39 is 10.2 Å². The smallest absolute Gasteiger partial charge is 0.222 e. The molecule has 3 rings (SSSR count). The van der Waals surface area contributed by atoms with Crippen LogP contribution in [0.4, 0.5) is 0 Å². The summed E-state index contributed by atoms with van der Waals surface area (Å²) in [6.45, 7) is 0. The Balaban J connectivity index is 0.000000338. The van der Waals surface area contributed by atoms with Gasteiger partial charge in [0.2, 0.25) is 0 Å². The van der Waals surface area contributed by atoms with Crippen LogP contribution in [0.25, 0.3) is 20.9 Å². The molecule has 4 nitrogen and oxygen atoms in total. The first-order valence-corrected chi connectivity index (χ1v) is 9.44. The van der Waals surface area contributed by atoms with E-state index in [4.69, 9.17) is 30.2 Å². The van der Waals surface area contributed by atoms with Gasteiger partial charge in [-0.15, -0.1) is 10.2 Å². The van der Waals surface area contributed by atoms with Crippen LogP contribution in [0.1, 0.15) is 0 Å². The van der Waals surface area contributed by atoms with Crippen molar-refractivity contribution in [2.45, 2.75) is 0 Å². The largest absolute Gasteiger partial charge is 0.348 e. The van der Waals surface area contributed by atoms with E-state index in [1.807, 2.05) is 12.1 Å². The Morgan fingerprint density at radius 3 is 1.70 bits per heavy atom. The average molecular weight is 389 g/mol. The molecule has 0 bridgehead atoms. The second-order valence-electron chi connectivity index (χ2n) is 4.21. The molecular formula is C15H10Cl2O4S2. The molecule has 8 heteroatoms. The Hall–Kier alpha value is -1.09. The van der Waals surface area contributed by atoms with Gasteiger partial charge in [-0.3, -0.25) is 0 Å². The molecule has 3 aromatic rings. The summed E-state index contributed by atoms with van der Waals surface area (Å²) in [5, 5.41) is 0. The molecule has 0 saturated heterocycles. The quantitative estimate of drug-likeness (QED) is 0.618. The molecule has 2 aromatic carbocycles. The van der Waals surface area contributed by atoms with Crippen molar-refractivity contribution in [3.05, 3.63) is 64.3 Å². The Morgan fingerprint density at radius 2 is 1.22 bits per heavy atom. The maximum Gasteiger partial charge on any atom is 0.348 e. The summed E-state index contributed by atoms with van der Waals surface area (Å²) in [6.07, 6.45) is 0. The lowest BCUT2D eigenvalue weighted by atomic mass is 10.1. The van der Waals surface area contributed by atoms with Gasteiger partial charge in [0, 0.05) is 11.1 Å². The van der Waals surface area contributed by atoms with E-state index in [0.717, 1.165) is 3.65 Å². The Bertz CT molecular complexity index is 680. The number of hydrogen-bond acceptors (Lipinski definition) is 5. The molecule has 23 heavy (non-hydrogen) atoms. The van der Waals surface area contributed by atoms with Crippen molar-refractivity contribution in [3.63, 3.8) is 0 Å². The van der Waals surface area contributed by atoms with Crippen molar-refractivity contribution < 1.29 is 28.9 Å². The summed E-state index contributed by atoms with van der Waals surface area (Å²) in [5.41, 5.74) is 2.45. The molecule has 0 spiro atoms. The molecule has 120 valence electrons. The van der Waals surface area contributed by atoms with Crippen LogP contribution in [0.2, 0.25) is 3.65 Å². The lowest BCUT2D eigenvalue weighted by Gasteiger charge is -2.17. The summed E-state index contributed by atoms with van der Waals surface area (Å²) < 4.78 is 34.8. The van der Waals surface area contributed by atoms with Crippen molar-refractivity contribution in [3.8, 4) is 20.9 Å². The lowest BCUT2D eigenvalue weighted by Crippen LogP contribution is -2.68. The monoisotopic (exact) mass is 388 g/mol. The van der Waals surface area contributed by atoms with Crippen LogP contribution in [0.3, 0.4) is 0 Å². The fourth-order valence-electron chi connectivity index (χ4n) is 1.83. The minimum atomic E-state index is -4.94. The van der Waals surface area contributed by atoms with E-state index in [1.165, 1.54) is 20.9 Å². The number of rotatable bonds is 2. The number of hydrogen-bond donors (Lipinski definition) is 0. The van der Waals surface area contributed by atoms with Gasteiger partial charge in [-0.2, -0.15) is 0 Å². The molecule has 0 radical (unpaired) electrons. The predicted octanol–water partition coefficient (Wildman–Crippen LogP) is 1.32. The number of halogens is 2. The molecular weight excluding hydrogens is 379 g/mol. The topological polar surface area (TPSA) is 92.2 Å². The van der Waals surface area contributed by atoms with Crippen LogP contribution in [0, 0.1) is 10.2 Å². The van der Waals surface area contributed by atoms with Gasteiger partial charge < -0.3 is 0 Å². The summed E-state index contributed by atoms with van der Waals surface area (Å²) in [5.74, 6) is 0. The minimum absolute atomic E-state index is 0.868. The minimum Gasteiger partial charge on any atom is -0.222 e. The molecule has 0 fully saturated rings. The van der Waals surface area contributed by atoms with Crippen LogP contribution in [-0.4, -0.2) is 0 Å². The zero-order valence-corrected chi connectivity index (χ0v) is 14.6. The van der Waals surface area contributed by atoms with Gasteiger partial charge in [-0.25, -0.2) is 18.6 Å². The third-order valence-electron chi connectivity index (χ3n) is 2.64. The standard InChI is InChI=1S/C15H10ClS2.ClHO4/c16-15-17-13(11-7-3-1-4-8-11)14(18-15)12-9-5-2-6-10-12;2-1(3,4)5/h1-10H;(H,2,3,4,5)/q+1;/p-1. The molecule has 0 saturated carbocycles. The van der Waals surface area contributed by atoms with Gasteiger partial charge in [-0.1, -0.05) is 60.7 Å². The van der Waals surface area contributed by atoms with Crippen LogP contribution >= 0.6 is 34.3 Å². The molecule has 0 amide bonds. The molecule has 1 aromatic heterocycles. The maximum absolute atomic E-state index is 8.49. The Kier molecular flexibility index (Phi) is 6.46. The van der Waals surface area contributed by atoms with Crippen LogP contribution in [0.15, 0.2) is 60.7 Å². The fraction of sp³-hybridized carbons (Fsp3) is 0. The number of benzene rings is 2. The van der Waals surface area contributed by atoms with Gasteiger partial charge in [0.15, 0.2) is 9.75 Å². The molecule has 0 unspecified atom stereocenters. The normalized spacial score (nSPS) is 10.8. The highest BCUT2D eigenvalue weighted by molar-refractivity contribution is 7.40. The second-order valence-corrected chi connectivity index (χ2v) is 8.09. The summed E-state index contributed by atoms with van der Waals surface area (Å²) in [4.78, 5) is 2.49. The van der Waals surface area contributed by atoms with Crippen molar-refractivity contribution in [2.24, 2.45) is 0 Å². The van der Waals surface area contributed by atoms with Crippen molar-refractivity contribution in [1.82, 2.24) is 0 Å². The molecule has 0 atom stereocenters. The summed E-state index contributed by atoms with van der Waals surface area (Å²) in [7, 11) is -4.94. The highest BCUT2D eigenvalue weighted by atomic mass is 35.7.